The van der Waals surface area contributed by atoms with E-state index in [1.54, 1.807) is 17.5 Å². The summed E-state index contributed by atoms with van der Waals surface area (Å²) in [6, 6.07) is 16.0. The minimum atomic E-state index is 0.0822. The van der Waals surface area contributed by atoms with Crippen molar-refractivity contribution in [2.24, 2.45) is 0 Å². The molecule has 5 nitrogen and oxygen atoms in total. The molecule has 0 amide bonds. The third-order valence-corrected chi connectivity index (χ3v) is 6.07. The maximum Gasteiger partial charge on any atom is 0.217 e. The summed E-state index contributed by atoms with van der Waals surface area (Å²) in [7, 11) is 0. The number of thiazole rings is 1. The molecule has 0 saturated carbocycles. The number of nitrogens with zero attached hydrogens (tertiary/aromatic N) is 3. The summed E-state index contributed by atoms with van der Waals surface area (Å²) in [6.07, 6.45) is 1.78. The van der Waals surface area contributed by atoms with Crippen LogP contribution in [0.1, 0.15) is 10.4 Å². The van der Waals surface area contributed by atoms with Gasteiger partial charge >= 0.3 is 0 Å². The van der Waals surface area contributed by atoms with Gasteiger partial charge in [0, 0.05) is 22.7 Å². The van der Waals surface area contributed by atoms with Crippen LogP contribution in [0.15, 0.2) is 59.9 Å². The highest BCUT2D eigenvalue weighted by atomic mass is 32.2. The van der Waals surface area contributed by atoms with Gasteiger partial charge in [-0.1, -0.05) is 53.4 Å². The van der Waals surface area contributed by atoms with Gasteiger partial charge in [-0.15, -0.1) is 10.2 Å². The zero-order chi connectivity index (χ0) is 16.8. The van der Waals surface area contributed by atoms with Gasteiger partial charge in [0.05, 0.1) is 16.0 Å². The van der Waals surface area contributed by atoms with E-state index in [-0.39, 0.29) is 5.78 Å². The van der Waals surface area contributed by atoms with Gasteiger partial charge in [-0.2, -0.15) is 0 Å². The van der Waals surface area contributed by atoms with Gasteiger partial charge in [-0.05, 0) is 18.2 Å². The highest BCUT2D eigenvalue weighted by Gasteiger charge is 2.16. The van der Waals surface area contributed by atoms with E-state index in [1.165, 1.54) is 11.8 Å². The zero-order valence-corrected chi connectivity index (χ0v) is 14.6. The molecule has 3 aromatic heterocycles. The monoisotopic (exact) mass is 364 g/mol. The summed E-state index contributed by atoms with van der Waals surface area (Å²) in [5.41, 5.74) is 2.78. The fourth-order valence-corrected chi connectivity index (χ4v) is 4.81. The van der Waals surface area contributed by atoms with E-state index < -0.39 is 0 Å². The van der Waals surface area contributed by atoms with Crippen LogP contribution in [-0.4, -0.2) is 31.1 Å². The van der Waals surface area contributed by atoms with Crippen molar-refractivity contribution < 1.29 is 4.79 Å². The van der Waals surface area contributed by atoms with Crippen LogP contribution in [0.5, 0.6) is 0 Å². The molecule has 0 spiro atoms. The van der Waals surface area contributed by atoms with Crippen LogP contribution < -0.4 is 0 Å². The third-order valence-electron chi connectivity index (χ3n) is 4.13. The van der Waals surface area contributed by atoms with Gasteiger partial charge in [0.25, 0.3) is 0 Å². The fourth-order valence-electron chi connectivity index (χ4n) is 2.96. The number of hydrogen-bond donors (Lipinski definition) is 1. The molecule has 7 heteroatoms. The van der Waals surface area contributed by atoms with Gasteiger partial charge in [0.1, 0.15) is 0 Å². The molecule has 3 heterocycles. The first-order valence-corrected chi connectivity index (χ1v) is 9.56. The number of para-hydroxylation sites is 2. The van der Waals surface area contributed by atoms with Crippen LogP contribution >= 0.6 is 23.1 Å². The van der Waals surface area contributed by atoms with E-state index in [2.05, 4.69) is 21.2 Å². The molecular formula is C18H12N4OS2. The summed E-state index contributed by atoms with van der Waals surface area (Å²) in [6.45, 7) is 0. The lowest BCUT2D eigenvalue weighted by atomic mass is 10.1. The summed E-state index contributed by atoms with van der Waals surface area (Å²) >= 11 is 3.03. The Labute approximate surface area is 150 Å². The number of aromatic amines is 1. The lowest BCUT2D eigenvalue weighted by Gasteiger charge is -2.00. The van der Waals surface area contributed by atoms with E-state index in [1.807, 2.05) is 46.9 Å². The first-order chi connectivity index (χ1) is 12.3. The van der Waals surface area contributed by atoms with Crippen molar-refractivity contribution in [2.75, 3.05) is 5.75 Å². The van der Waals surface area contributed by atoms with Gasteiger partial charge in [0.15, 0.2) is 10.9 Å². The van der Waals surface area contributed by atoms with E-state index in [0.29, 0.717) is 5.75 Å². The van der Waals surface area contributed by atoms with Crippen LogP contribution in [0.4, 0.5) is 0 Å². The number of H-pyrrole nitrogens is 1. The van der Waals surface area contributed by atoms with Crippen molar-refractivity contribution >= 4 is 55.0 Å². The molecule has 0 aliphatic rings. The summed E-state index contributed by atoms with van der Waals surface area (Å²) in [4.78, 5) is 16.7. The molecule has 0 fully saturated rings. The lowest BCUT2D eigenvalue weighted by molar-refractivity contribution is 0.102. The van der Waals surface area contributed by atoms with E-state index in [9.17, 15) is 4.79 Å². The topological polar surface area (TPSA) is 63.1 Å². The summed E-state index contributed by atoms with van der Waals surface area (Å²) in [5, 5.41) is 10.2. The lowest BCUT2D eigenvalue weighted by Crippen LogP contribution is -2.02. The van der Waals surface area contributed by atoms with E-state index in [4.69, 9.17) is 0 Å². The Kier molecular flexibility index (Phi) is 3.36. The number of aromatic nitrogens is 4. The Morgan fingerprint density at radius 3 is 2.92 bits per heavy atom. The molecule has 122 valence electrons. The number of fused-ring (bicyclic) bond motifs is 4. The van der Waals surface area contributed by atoms with Crippen molar-refractivity contribution in [3.05, 3.63) is 60.3 Å². The Morgan fingerprint density at radius 1 is 1.12 bits per heavy atom. The van der Waals surface area contributed by atoms with Crippen molar-refractivity contribution in [2.45, 2.75) is 5.16 Å². The molecule has 5 aromatic rings. The Hall–Kier alpha value is -2.64. The van der Waals surface area contributed by atoms with Crippen LogP contribution in [0, 0.1) is 0 Å². The molecule has 0 bridgehead atoms. The molecule has 5 rings (SSSR count). The number of nitrogens with one attached hydrogen (secondary N) is 1. The molecule has 1 N–H and O–H groups in total. The van der Waals surface area contributed by atoms with Crippen molar-refractivity contribution in [3.63, 3.8) is 0 Å². The normalized spacial score (nSPS) is 11.7. The predicted octanol–water partition coefficient (Wildman–Crippen LogP) is 4.40. The second-order valence-corrected chi connectivity index (χ2v) is 7.58. The van der Waals surface area contributed by atoms with Gasteiger partial charge in [0.2, 0.25) is 4.96 Å². The molecule has 2 aromatic carbocycles. The van der Waals surface area contributed by atoms with Crippen molar-refractivity contribution in [1.82, 2.24) is 19.6 Å². The average Bonchev–Trinajstić information content (AvgIpc) is 3.33. The molecule has 0 saturated heterocycles. The number of carbonyl (C=O) groups excluding carboxylic acids is 1. The highest BCUT2D eigenvalue weighted by Crippen LogP contribution is 2.30. The minimum absolute atomic E-state index is 0.0822. The second kappa shape index (κ2) is 5.72. The first kappa shape index (κ1) is 14.7. The Morgan fingerprint density at radius 2 is 1.96 bits per heavy atom. The number of thioether (sulfide) groups is 1. The molecule has 0 atom stereocenters. The van der Waals surface area contributed by atoms with Crippen LogP contribution in [0.25, 0.3) is 26.1 Å². The van der Waals surface area contributed by atoms with E-state index >= 15 is 0 Å². The fraction of sp³-hybridized carbons (Fsp3) is 0.0556. The number of carbonyl (C=O) groups is 1. The van der Waals surface area contributed by atoms with Gasteiger partial charge in [-0.3, -0.25) is 9.20 Å². The average molecular weight is 364 g/mol. The van der Waals surface area contributed by atoms with Crippen LogP contribution in [0.2, 0.25) is 0 Å². The number of hydrogen-bond acceptors (Lipinski definition) is 5. The second-order valence-electron chi connectivity index (χ2n) is 5.63. The SMILES string of the molecule is O=C(CSc1nnc2sc3ccccc3n12)c1c[nH]c2ccccc12. The molecule has 25 heavy (non-hydrogen) atoms. The van der Waals surface area contributed by atoms with Crippen LogP contribution in [0.3, 0.4) is 0 Å². The number of rotatable bonds is 4. The van der Waals surface area contributed by atoms with Crippen LogP contribution in [-0.2, 0) is 0 Å². The summed E-state index contributed by atoms with van der Waals surface area (Å²) in [5.74, 6) is 0.408. The summed E-state index contributed by atoms with van der Waals surface area (Å²) < 4.78 is 3.19. The number of benzene rings is 2. The van der Waals surface area contributed by atoms with Crippen molar-refractivity contribution in [3.8, 4) is 0 Å². The third kappa shape index (κ3) is 2.35. The Bertz CT molecular complexity index is 1230. The molecule has 0 aliphatic heterocycles. The first-order valence-electron chi connectivity index (χ1n) is 7.76. The molecule has 0 aliphatic carbocycles. The number of Topliss-reactive ketones (excluding diaryl/α,β-unsaturated/α-hetero) is 1. The maximum atomic E-state index is 12.7. The Balaban J connectivity index is 1.46. The highest BCUT2D eigenvalue weighted by molar-refractivity contribution is 7.99. The molecule has 0 radical (unpaired) electrons. The van der Waals surface area contributed by atoms with Crippen molar-refractivity contribution in [1.29, 1.82) is 0 Å². The molecular weight excluding hydrogens is 352 g/mol. The minimum Gasteiger partial charge on any atom is -0.360 e. The zero-order valence-electron chi connectivity index (χ0n) is 13.0. The smallest absolute Gasteiger partial charge is 0.217 e. The maximum absolute atomic E-state index is 12.7. The van der Waals surface area contributed by atoms with Gasteiger partial charge < -0.3 is 4.98 Å². The van der Waals surface area contributed by atoms with E-state index in [0.717, 1.165) is 36.8 Å². The van der Waals surface area contributed by atoms with Gasteiger partial charge in [-0.25, -0.2) is 0 Å². The molecule has 0 unspecified atom stereocenters. The standard InChI is InChI=1S/C18H12N4OS2/c23-15(12-9-19-13-6-2-1-5-11(12)13)10-24-17-20-21-18-22(17)14-7-3-4-8-16(14)25-18/h1-9,19H,10H2. The predicted molar refractivity (Wildman–Crippen MR) is 102 cm³/mol. The largest absolute Gasteiger partial charge is 0.360 e. The quantitative estimate of drug-likeness (QED) is 0.379. The number of ketones is 1.